The molecule has 3 N–H and O–H groups in total. The number of carbonyl (C=O) groups is 1. The zero-order valence-electron chi connectivity index (χ0n) is 7.62. The monoisotopic (exact) mass is 303 g/mol. The van der Waals surface area contributed by atoms with Gasteiger partial charge in [-0.25, -0.2) is 0 Å². The Morgan fingerprint density at radius 2 is 2.21 bits per heavy atom. The first-order valence-corrected chi connectivity index (χ1v) is 5.05. The number of benzene rings is 1. The van der Waals surface area contributed by atoms with Crippen molar-refractivity contribution in [2.24, 2.45) is 5.73 Å². The van der Waals surface area contributed by atoms with Gasteiger partial charge in [-0.2, -0.15) is 0 Å². The van der Waals surface area contributed by atoms with Crippen LogP contribution < -0.4 is 5.73 Å². The number of aryl methyl sites for hydroxylation is 1. The average Bonchev–Trinajstić information content (AvgIpc) is 2.09. The van der Waals surface area contributed by atoms with Crippen LogP contribution in [0.4, 0.5) is 0 Å². The summed E-state index contributed by atoms with van der Waals surface area (Å²) in [5.41, 5.74) is 6.54. The molecule has 0 radical (unpaired) electrons. The largest absolute Gasteiger partial charge is 0.507 e. The van der Waals surface area contributed by atoms with Crippen molar-refractivity contribution in [3.8, 4) is 5.75 Å². The lowest BCUT2D eigenvalue weighted by atomic mass is 10.1. The van der Waals surface area contributed by atoms with E-state index in [0.29, 0.717) is 5.56 Å². The van der Waals surface area contributed by atoms with Gasteiger partial charge in [0.05, 0.1) is 0 Å². The molecule has 1 aromatic rings. The number of amides is 1. The van der Waals surface area contributed by atoms with E-state index in [0.717, 1.165) is 9.13 Å². The highest BCUT2D eigenvalue weighted by atomic mass is 127. The van der Waals surface area contributed by atoms with Crippen molar-refractivity contribution < 1.29 is 9.90 Å². The number of carbonyl (C=O) groups excluding carboxylic acids is 1. The summed E-state index contributed by atoms with van der Waals surface area (Å²) in [6.45, 7) is 1.91. The SMILES string of the molecule is Cc1cc(O)c(/C=C\C(N)=O)cc1I. The highest BCUT2D eigenvalue weighted by Gasteiger charge is 2.02. The van der Waals surface area contributed by atoms with Gasteiger partial charge in [0.25, 0.3) is 0 Å². The van der Waals surface area contributed by atoms with E-state index in [4.69, 9.17) is 5.73 Å². The molecule has 1 aromatic carbocycles. The summed E-state index contributed by atoms with van der Waals surface area (Å²) < 4.78 is 1.03. The Labute approximate surface area is 95.8 Å². The van der Waals surface area contributed by atoms with E-state index in [2.05, 4.69) is 22.6 Å². The van der Waals surface area contributed by atoms with Crippen LogP contribution in [0.5, 0.6) is 5.75 Å². The Hall–Kier alpha value is -1.04. The Bertz CT molecular complexity index is 399. The number of rotatable bonds is 2. The summed E-state index contributed by atoms with van der Waals surface area (Å²) >= 11 is 2.16. The van der Waals surface area contributed by atoms with Crippen molar-refractivity contribution in [3.63, 3.8) is 0 Å². The van der Waals surface area contributed by atoms with Crippen molar-refractivity contribution in [1.82, 2.24) is 0 Å². The van der Waals surface area contributed by atoms with Gasteiger partial charge in [-0.1, -0.05) is 0 Å². The van der Waals surface area contributed by atoms with Crippen LogP contribution in [0, 0.1) is 10.5 Å². The summed E-state index contributed by atoms with van der Waals surface area (Å²) in [5.74, 6) is -0.375. The molecule has 4 heteroatoms. The molecule has 0 spiro atoms. The lowest BCUT2D eigenvalue weighted by molar-refractivity contribution is -0.113. The van der Waals surface area contributed by atoms with Gasteiger partial charge in [0.15, 0.2) is 0 Å². The third-order valence-electron chi connectivity index (χ3n) is 1.74. The van der Waals surface area contributed by atoms with Crippen molar-refractivity contribution >= 4 is 34.6 Å². The van der Waals surface area contributed by atoms with Crippen molar-refractivity contribution in [2.75, 3.05) is 0 Å². The fourth-order valence-corrected chi connectivity index (χ4v) is 1.48. The predicted molar refractivity (Wildman–Crippen MR) is 63.8 cm³/mol. The highest BCUT2D eigenvalue weighted by molar-refractivity contribution is 14.1. The summed E-state index contributed by atoms with van der Waals surface area (Å²) in [7, 11) is 0. The first-order chi connectivity index (χ1) is 6.50. The molecule has 0 saturated carbocycles. The molecule has 0 aliphatic heterocycles. The summed E-state index contributed by atoms with van der Waals surface area (Å²) in [6, 6.07) is 3.45. The van der Waals surface area contributed by atoms with Crippen molar-refractivity contribution in [2.45, 2.75) is 6.92 Å². The zero-order valence-corrected chi connectivity index (χ0v) is 9.78. The van der Waals surface area contributed by atoms with E-state index >= 15 is 0 Å². The number of phenolic OH excluding ortho intramolecular Hbond substituents is 1. The smallest absolute Gasteiger partial charge is 0.241 e. The van der Waals surface area contributed by atoms with Gasteiger partial charge < -0.3 is 10.8 Å². The second-order valence-corrected chi connectivity index (χ2v) is 4.06. The number of phenols is 1. The van der Waals surface area contributed by atoms with Crippen molar-refractivity contribution in [1.29, 1.82) is 0 Å². The van der Waals surface area contributed by atoms with Crippen LogP contribution in [-0.4, -0.2) is 11.0 Å². The van der Waals surface area contributed by atoms with E-state index in [-0.39, 0.29) is 5.75 Å². The summed E-state index contributed by atoms with van der Waals surface area (Å²) in [6.07, 6.45) is 2.72. The van der Waals surface area contributed by atoms with Gasteiger partial charge in [-0.3, -0.25) is 4.79 Å². The van der Waals surface area contributed by atoms with Crippen molar-refractivity contribution in [3.05, 3.63) is 32.9 Å². The topological polar surface area (TPSA) is 63.3 Å². The normalized spacial score (nSPS) is 10.7. The van der Waals surface area contributed by atoms with E-state index in [1.807, 2.05) is 6.92 Å². The van der Waals surface area contributed by atoms with Crippen LogP contribution >= 0.6 is 22.6 Å². The van der Waals surface area contributed by atoms with Gasteiger partial charge in [0.2, 0.25) is 5.91 Å². The maximum atomic E-state index is 10.5. The maximum absolute atomic E-state index is 10.5. The first-order valence-electron chi connectivity index (χ1n) is 3.97. The molecule has 0 saturated heterocycles. The minimum atomic E-state index is -0.528. The number of primary amides is 1. The Morgan fingerprint density at radius 3 is 2.79 bits per heavy atom. The van der Waals surface area contributed by atoms with Crippen LogP contribution in [0.2, 0.25) is 0 Å². The molecular formula is C10H10INO2. The van der Waals surface area contributed by atoms with Crippen LogP contribution in [-0.2, 0) is 4.79 Å². The van der Waals surface area contributed by atoms with Gasteiger partial charge >= 0.3 is 0 Å². The van der Waals surface area contributed by atoms with E-state index < -0.39 is 5.91 Å². The van der Waals surface area contributed by atoms with Gasteiger partial charge in [-0.15, -0.1) is 0 Å². The van der Waals surface area contributed by atoms with Crippen LogP contribution in [0.3, 0.4) is 0 Å². The fraction of sp³-hybridized carbons (Fsp3) is 0.100. The first kappa shape index (κ1) is 11.0. The fourth-order valence-electron chi connectivity index (χ4n) is 0.987. The molecule has 0 fully saturated rings. The molecule has 1 amide bonds. The van der Waals surface area contributed by atoms with E-state index in [1.165, 1.54) is 12.2 Å². The second kappa shape index (κ2) is 4.45. The molecule has 0 unspecified atom stereocenters. The minimum absolute atomic E-state index is 0.153. The van der Waals surface area contributed by atoms with E-state index in [1.54, 1.807) is 12.1 Å². The Balaban J connectivity index is 3.10. The molecule has 0 bridgehead atoms. The van der Waals surface area contributed by atoms with Gasteiger partial charge in [0.1, 0.15) is 5.75 Å². The third kappa shape index (κ3) is 2.73. The van der Waals surface area contributed by atoms with Gasteiger partial charge in [0, 0.05) is 15.2 Å². The maximum Gasteiger partial charge on any atom is 0.241 e. The molecule has 0 atom stereocenters. The zero-order chi connectivity index (χ0) is 10.7. The molecule has 74 valence electrons. The molecular weight excluding hydrogens is 293 g/mol. The standard InChI is InChI=1S/C10H10INO2/c1-6-4-9(13)7(5-8(6)11)2-3-10(12)14/h2-5,13H,1H3,(H2,12,14)/b3-2-. The number of hydrogen-bond acceptors (Lipinski definition) is 2. The number of hydrogen-bond donors (Lipinski definition) is 2. The molecule has 3 nitrogen and oxygen atoms in total. The van der Waals surface area contributed by atoms with Gasteiger partial charge in [-0.05, 0) is 53.3 Å². The molecule has 0 aliphatic carbocycles. The summed E-state index contributed by atoms with van der Waals surface area (Å²) in [5, 5.41) is 9.52. The van der Waals surface area contributed by atoms with E-state index in [9.17, 15) is 9.90 Å². The predicted octanol–water partition coefficient (Wildman–Crippen LogP) is 1.80. The number of aromatic hydroxyl groups is 1. The average molecular weight is 303 g/mol. The molecule has 0 heterocycles. The third-order valence-corrected chi connectivity index (χ3v) is 2.90. The summed E-state index contributed by atoms with van der Waals surface area (Å²) in [4.78, 5) is 10.5. The minimum Gasteiger partial charge on any atom is -0.507 e. The van der Waals surface area contributed by atoms with Crippen LogP contribution in [0.25, 0.3) is 6.08 Å². The van der Waals surface area contributed by atoms with Crippen LogP contribution in [0.15, 0.2) is 18.2 Å². The highest BCUT2D eigenvalue weighted by Crippen LogP contribution is 2.24. The molecule has 0 aliphatic rings. The number of nitrogens with two attached hydrogens (primary N) is 1. The van der Waals surface area contributed by atoms with Crippen LogP contribution in [0.1, 0.15) is 11.1 Å². The molecule has 0 aromatic heterocycles. The quantitative estimate of drug-likeness (QED) is 0.646. The second-order valence-electron chi connectivity index (χ2n) is 2.90. The molecule has 1 rings (SSSR count). The lowest BCUT2D eigenvalue weighted by Crippen LogP contribution is -2.05. The lowest BCUT2D eigenvalue weighted by Gasteiger charge is -2.03. The number of halogens is 1. The Kier molecular flexibility index (Phi) is 3.51. The molecule has 14 heavy (non-hydrogen) atoms. The Morgan fingerprint density at radius 1 is 1.57 bits per heavy atom.